The second-order valence-corrected chi connectivity index (χ2v) is 6.09. The third-order valence-corrected chi connectivity index (χ3v) is 4.48. The minimum Gasteiger partial charge on any atom is -0.462 e. The number of esters is 1. The highest BCUT2D eigenvalue weighted by atomic mass is 19.1. The molecule has 0 saturated carbocycles. The number of carbonyl (C=O) groups excluding carboxylic acids is 1. The fourth-order valence-electron chi connectivity index (χ4n) is 3.20. The fraction of sp³-hybridized carbons (Fsp3) is 0.500. The highest BCUT2D eigenvalue weighted by Gasteiger charge is 2.22. The topological polar surface area (TPSA) is 64.4 Å². The van der Waals surface area contributed by atoms with Crippen LogP contribution in [0.1, 0.15) is 43.5 Å². The third kappa shape index (κ3) is 3.23. The number of hydrogen-bond acceptors (Lipinski definition) is 5. The molecule has 0 bridgehead atoms. The van der Waals surface area contributed by atoms with Crippen LogP contribution >= 0.6 is 0 Å². The largest absolute Gasteiger partial charge is 0.462 e. The molecule has 2 aromatic rings. The highest BCUT2D eigenvalue weighted by Crippen LogP contribution is 2.24. The van der Waals surface area contributed by atoms with Gasteiger partial charge in [0.15, 0.2) is 11.6 Å². The molecule has 25 heavy (non-hydrogen) atoms. The Morgan fingerprint density at radius 3 is 2.64 bits per heavy atom. The summed E-state index contributed by atoms with van der Waals surface area (Å²) in [4.78, 5) is 31.0. The van der Waals surface area contributed by atoms with Crippen LogP contribution in [-0.2, 0) is 11.3 Å². The number of ether oxygens (including phenoxy) is 1. The van der Waals surface area contributed by atoms with E-state index < -0.39 is 17.2 Å². The molecule has 134 valence electrons. The van der Waals surface area contributed by atoms with Crippen molar-refractivity contribution in [2.75, 3.05) is 24.6 Å². The maximum atomic E-state index is 14.6. The molecule has 3 heterocycles. The van der Waals surface area contributed by atoms with Gasteiger partial charge in [-0.15, -0.1) is 0 Å². The van der Waals surface area contributed by atoms with E-state index >= 15 is 0 Å². The number of rotatable bonds is 4. The summed E-state index contributed by atoms with van der Waals surface area (Å²) in [6, 6.07) is 1.20. The summed E-state index contributed by atoms with van der Waals surface area (Å²) in [6.45, 7) is 5.73. The van der Waals surface area contributed by atoms with Crippen LogP contribution in [0.3, 0.4) is 0 Å². The Hall–Kier alpha value is -2.44. The number of fused-ring (bicyclic) bond motifs is 1. The first kappa shape index (κ1) is 17.4. The zero-order chi connectivity index (χ0) is 18.0. The smallest absolute Gasteiger partial charge is 0.343 e. The Morgan fingerprint density at radius 2 is 2.00 bits per heavy atom. The number of pyridine rings is 2. The first-order valence-electron chi connectivity index (χ1n) is 8.72. The summed E-state index contributed by atoms with van der Waals surface area (Å²) in [5.74, 6) is -0.954. The monoisotopic (exact) mass is 347 g/mol. The van der Waals surface area contributed by atoms with Gasteiger partial charge in [0.2, 0.25) is 5.43 Å². The van der Waals surface area contributed by atoms with Crippen LogP contribution in [0.15, 0.2) is 17.1 Å². The van der Waals surface area contributed by atoms with Crippen molar-refractivity contribution in [3.05, 3.63) is 33.9 Å². The van der Waals surface area contributed by atoms with Crippen LogP contribution in [0.2, 0.25) is 0 Å². The predicted molar refractivity (Wildman–Crippen MR) is 93.7 cm³/mol. The van der Waals surface area contributed by atoms with Gasteiger partial charge in [-0.25, -0.2) is 14.2 Å². The molecule has 0 spiro atoms. The molecule has 0 atom stereocenters. The summed E-state index contributed by atoms with van der Waals surface area (Å²) in [5, 5.41) is 0.102. The van der Waals surface area contributed by atoms with Crippen molar-refractivity contribution in [2.45, 2.75) is 39.7 Å². The maximum Gasteiger partial charge on any atom is 0.343 e. The number of anilines is 1. The number of aryl methyl sites for hydroxylation is 1. The van der Waals surface area contributed by atoms with Crippen molar-refractivity contribution in [3.63, 3.8) is 0 Å². The Bertz CT molecular complexity index is 857. The zero-order valence-electron chi connectivity index (χ0n) is 14.5. The van der Waals surface area contributed by atoms with E-state index in [4.69, 9.17) is 4.74 Å². The molecule has 0 amide bonds. The minimum absolute atomic E-state index is 0.0943. The van der Waals surface area contributed by atoms with Crippen LogP contribution in [-0.4, -0.2) is 35.2 Å². The van der Waals surface area contributed by atoms with Crippen molar-refractivity contribution in [2.24, 2.45) is 0 Å². The van der Waals surface area contributed by atoms with Crippen molar-refractivity contribution in [1.29, 1.82) is 0 Å². The molecule has 0 N–H and O–H groups in total. The molecule has 6 nitrogen and oxygen atoms in total. The quantitative estimate of drug-likeness (QED) is 0.796. The van der Waals surface area contributed by atoms with Gasteiger partial charge in [-0.05, 0) is 39.2 Å². The van der Waals surface area contributed by atoms with Crippen LogP contribution < -0.4 is 10.3 Å². The van der Waals surface area contributed by atoms with Gasteiger partial charge in [0.1, 0.15) is 11.2 Å². The van der Waals surface area contributed by atoms with Crippen molar-refractivity contribution in [1.82, 2.24) is 9.55 Å². The molecule has 0 aromatic carbocycles. The van der Waals surface area contributed by atoms with E-state index in [1.165, 1.54) is 12.3 Å². The van der Waals surface area contributed by atoms with E-state index in [9.17, 15) is 14.0 Å². The average Bonchev–Trinajstić information content (AvgIpc) is 2.63. The van der Waals surface area contributed by atoms with E-state index in [0.29, 0.717) is 12.2 Å². The van der Waals surface area contributed by atoms with E-state index in [1.807, 2.05) is 11.8 Å². The second kappa shape index (κ2) is 7.21. The first-order valence-corrected chi connectivity index (χ1v) is 8.72. The molecule has 1 aliphatic heterocycles. The van der Waals surface area contributed by atoms with Crippen LogP contribution in [0.4, 0.5) is 10.2 Å². The first-order chi connectivity index (χ1) is 12.1. The Labute approximate surface area is 145 Å². The van der Waals surface area contributed by atoms with Crippen LogP contribution in [0.25, 0.3) is 11.0 Å². The molecule has 2 aromatic heterocycles. The molecule has 0 aliphatic carbocycles. The van der Waals surface area contributed by atoms with E-state index in [-0.39, 0.29) is 23.4 Å². The maximum absolute atomic E-state index is 14.6. The SMILES string of the molecule is CCOC(=O)c1cn(CC)c2nc(N3CCCCC3)c(F)cc2c1=O. The number of hydrogen-bond donors (Lipinski definition) is 0. The van der Waals surface area contributed by atoms with Crippen molar-refractivity contribution in [3.8, 4) is 0 Å². The van der Waals surface area contributed by atoms with Gasteiger partial charge in [-0.3, -0.25) is 4.79 Å². The van der Waals surface area contributed by atoms with Crippen LogP contribution in [0.5, 0.6) is 0 Å². The molecule has 0 unspecified atom stereocenters. The lowest BCUT2D eigenvalue weighted by molar-refractivity contribution is 0.0524. The molecular weight excluding hydrogens is 325 g/mol. The summed E-state index contributed by atoms with van der Waals surface area (Å²) in [7, 11) is 0. The van der Waals surface area contributed by atoms with Gasteiger partial charge in [0, 0.05) is 25.8 Å². The van der Waals surface area contributed by atoms with Gasteiger partial charge in [-0.2, -0.15) is 0 Å². The Morgan fingerprint density at radius 1 is 1.28 bits per heavy atom. The number of nitrogens with zero attached hydrogens (tertiary/aromatic N) is 3. The predicted octanol–water partition coefficient (Wildman–Crippen LogP) is 2.72. The lowest BCUT2D eigenvalue weighted by Crippen LogP contribution is -2.31. The van der Waals surface area contributed by atoms with Gasteiger partial charge >= 0.3 is 5.97 Å². The van der Waals surface area contributed by atoms with Gasteiger partial charge < -0.3 is 14.2 Å². The van der Waals surface area contributed by atoms with Crippen molar-refractivity contribution < 1.29 is 13.9 Å². The number of carbonyl (C=O) groups is 1. The normalized spacial score (nSPS) is 14.8. The Balaban J connectivity index is 2.18. The fourth-order valence-corrected chi connectivity index (χ4v) is 3.20. The number of piperidine rings is 1. The summed E-state index contributed by atoms with van der Waals surface area (Å²) < 4.78 is 21.3. The third-order valence-electron chi connectivity index (χ3n) is 4.48. The number of aromatic nitrogens is 2. The lowest BCUT2D eigenvalue weighted by Gasteiger charge is -2.28. The van der Waals surface area contributed by atoms with Gasteiger partial charge in [0.05, 0.1) is 12.0 Å². The van der Waals surface area contributed by atoms with E-state index in [1.54, 1.807) is 11.5 Å². The molecule has 1 fully saturated rings. The molecule has 7 heteroatoms. The average molecular weight is 347 g/mol. The summed E-state index contributed by atoms with van der Waals surface area (Å²) >= 11 is 0. The van der Waals surface area contributed by atoms with Crippen molar-refractivity contribution >= 4 is 22.8 Å². The standard InChI is InChI=1S/C18H22FN3O3/c1-3-21-11-13(18(24)25-4-2)15(23)12-10-14(19)17(20-16(12)21)22-8-6-5-7-9-22/h10-11H,3-9H2,1-2H3. The zero-order valence-corrected chi connectivity index (χ0v) is 14.5. The van der Waals surface area contributed by atoms with Gasteiger partial charge in [0.25, 0.3) is 0 Å². The molecular formula is C18H22FN3O3. The summed E-state index contributed by atoms with van der Waals surface area (Å²) in [5.41, 5.74) is -0.250. The second-order valence-electron chi connectivity index (χ2n) is 6.09. The number of halogens is 1. The molecule has 1 aliphatic rings. The van der Waals surface area contributed by atoms with Gasteiger partial charge in [-0.1, -0.05) is 0 Å². The van der Waals surface area contributed by atoms with E-state index in [2.05, 4.69) is 4.98 Å². The van der Waals surface area contributed by atoms with Crippen LogP contribution in [0, 0.1) is 5.82 Å². The minimum atomic E-state index is -0.697. The highest BCUT2D eigenvalue weighted by molar-refractivity contribution is 5.93. The Kier molecular flexibility index (Phi) is 5.01. The van der Waals surface area contributed by atoms with E-state index in [0.717, 1.165) is 32.4 Å². The molecule has 3 rings (SSSR count). The molecule has 1 saturated heterocycles. The summed E-state index contributed by atoms with van der Waals surface area (Å²) in [6.07, 6.45) is 4.59. The lowest BCUT2D eigenvalue weighted by atomic mass is 10.1. The molecule has 0 radical (unpaired) electrons.